The zero-order chi connectivity index (χ0) is 37.0. The summed E-state index contributed by atoms with van der Waals surface area (Å²) < 4.78 is 12.9. The molecular weight excluding hydrogens is 750 g/mol. The van der Waals surface area contributed by atoms with Crippen molar-refractivity contribution in [3.8, 4) is 0 Å². The van der Waals surface area contributed by atoms with Crippen molar-refractivity contribution in [3.63, 3.8) is 0 Å². The van der Waals surface area contributed by atoms with Crippen LogP contribution in [0, 0.1) is 11.8 Å². The Hall–Kier alpha value is -4.29. The van der Waals surface area contributed by atoms with Gasteiger partial charge in [-0.3, -0.25) is 19.2 Å². The molecule has 0 saturated carbocycles. The fourth-order valence-corrected chi connectivity index (χ4v) is 8.91. The van der Waals surface area contributed by atoms with E-state index >= 15 is 4.79 Å². The van der Waals surface area contributed by atoms with Gasteiger partial charge in [0.05, 0.1) is 37.1 Å². The molecule has 3 saturated heterocycles. The zero-order valence-corrected chi connectivity index (χ0v) is 30.8. The van der Waals surface area contributed by atoms with Crippen LogP contribution in [0.25, 0.3) is 0 Å². The Morgan fingerprint density at radius 1 is 1.04 bits per heavy atom. The lowest BCUT2D eigenvalue weighted by molar-refractivity contribution is -0.160. The normalized spacial score (nSPS) is 25.6. The van der Waals surface area contributed by atoms with Crippen LogP contribution in [0.5, 0.6) is 0 Å². The third-order valence-corrected chi connectivity index (χ3v) is 11.2. The molecule has 3 fully saturated rings. The highest BCUT2D eigenvalue weighted by molar-refractivity contribution is 9.09. The van der Waals surface area contributed by atoms with Gasteiger partial charge in [0.1, 0.15) is 17.7 Å². The summed E-state index contributed by atoms with van der Waals surface area (Å²) in [5, 5.41) is 14.2. The third-order valence-electron chi connectivity index (χ3n) is 10.1. The summed E-state index contributed by atoms with van der Waals surface area (Å²) in [5.74, 6) is -4.03. The highest BCUT2D eigenvalue weighted by Gasteiger charge is 2.77. The summed E-state index contributed by atoms with van der Waals surface area (Å²) in [4.78, 5) is 59.5. The van der Waals surface area contributed by atoms with Crippen LogP contribution in [0.4, 0.5) is 5.69 Å². The molecule has 1 unspecified atom stereocenters. The van der Waals surface area contributed by atoms with Gasteiger partial charge in [0.25, 0.3) is 5.91 Å². The lowest BCUT2D eigenvalue weighted by atomic mass is 9.70. The minimum atomic E-state index is -1.44. The van der Waals surface area contributed by atoms with Crippen molar-refractivity contribution in [1.29, 1.82) is 0 Å². The number of benzene rings is 3. The van der Waals surface area contributed by atoms with Crippen LogP contribution < -0.4 is 10.2 Å². The Labute approximate surface area is 316 Å². The topological polar surface area (TPSA) is 125 Å². The SMILES string of the molecule is C=CCCC(=O)NC[C@@H](OC(=O)[C@H]1[C@@H]2O[C@@]3(CC2Br)[C@@H]1C(=O)N([C@H](CO)c1ccccc1)[C@@H]3C(=O)N(CC=C)c1ccc(Cl)cc1)c1ccccc1. The number of hydrogen-bond acceptors (Lipinski definition) is 7. The van der Waals surface area contributed by atoms with E-state index in [2.05, 4.69) is 34.4 Å². The van der Waals surface area contributed by atoms with Crippen molar-refractivity contribution in [1.82, 2.24) is 10.2 Å². The number of rotatable bonds is 15. The smallest absolute Gasteiger partial charge is 0.313 e. The molecule has 1 spiro atoms. The molecule has 0 radical (unpaired) electrons. The number of aliphatic hydroxyl groups excluding tert-OH is 1. The number of likely N-dealkylation sites (tertiary alicyclic amines) is 1. The fraction of sp³-hybridized carbons (Fsp3) is 0.350. The van der Waals surface area contributed by atoms with Crippen molar-refractivity contribution >= 4 is 56.9 Å². The van der Waals surface area contributed by atoms with Gasteiger partial charge in [0.2, 0.25) is 11.8 Å². The molecule has 3 amide bonds. The minimum absolute atomic E-state index is 0.0108. The first kappa shape index (κ1) is 37.5. The highest BCUT2D eigenvalue weighted by atomic mass is 79.9. The number of aliphatic hydroxyl groups is 1. The number of amides is 3. The van der Waals surface area contributed by atoms with Crippen LogP contribution in [-0.4, -0.2) is 76.0 Å². The van der Waals surface area contributed by atoms with Gasteiger partial charge in [0.15, 0.2) is 0 Å². The second-order valence-corrected chi connectivity index (χ2v) is 14.8. The minimum Gasteiger partial charge on any atom is -0.455 e. The number of ether oxygens (including phenoxy) is 2. The molecule has 2 bridgehead atoms. The zero-order valence-electron chi connectivity index (χ0n) is 28.5. The summed E-state index contributed by atoms with van der Waals surface area (Å²) in [6.07, 6.45) is 2.58. The van der Waals surface area contributed by atoms with Gasteiger partial charge in [-0.05, 0) is 48.2 Å². The summed E-state index contributed by atoms with van der Waals surface area (Å²) in [6, 6.07) is 22.6. The van der Waals surface area contributed by atoms with E-state index in [-0.39, 0.29) is 31.8 Å². The van der Waals surface area contributed by atoms with Gasteiger partial charge in [-0.1, -0.05) is 100 Å². The maximum absolute atomic E-state index is 15.0. The maximum Gasteiger partial charge on any atom is 0.313 e. The number of nitrogens with zero attached hydrogens (tertiary/aromatic N) is 2. The molecule has 3 aliphatic rings. The van der Waals surface area contributed by atoms with Crippen molar-refractivity contribution in [3.05, 3.63) is 126 Å². The van der Waals surface area contributed by atoms with E-state index in [4.69, 9.17) is 21.1 Å². The van der Waals surface area contributed by atoms with E-state index < -0.39 is 70.9 Å². The number of hydrogen-bond donors (Lipinski definition) is 2. The average Bonchev–Trinajstić information content (AvgIpc) is 3.76. The Kier molecular flexibility index (Phi) is 11.6. The molecule has 0 aliphatic carbocycles. The monoisotopic (exact) mass is 789 g/mol. The van der Waals surface area contributed by atoms with E-state index in [0.717, 1.165) is 0 Å². The number of allylic oxidation sites excluding steroid dienone is 1. The van der Waals surface area contributed by atoms with Gasteiger partial charge >= 0.3 is 5.97 Å². The predicted octanol–water partition coefficient (Wildman–Crippen LogP) is 5.71. The number of fused-ring (bicyclic) bond motifs is 1. The van der Waals surface area contributed by atoms with Crippen molar-refractivity contribution < 1.29 is 33.8 Å². The number of anilines is 1. The fourth-order valence-electron chi connectivity index (χ4n) is 7.84. The molecule has 52 heavy (non-hydrogen) atoms. The van der Waals surface area contributed by atoms with Gasteiger partial charge in [-0.2, -0.15) is 0 Å². The lowest BCUT2D eigenvalue weighted by Gasteiger charge is -2.39. The molecular formula is C40H41BrClN3O7. The molecule has 8 atom stereocenters. The predicted molar refractivity (Wildman–Crippen MR) is 201 cm³/mol. The first-order valence-electron chi connectivity index (χ1n) is 17.3. The van der Waals surface area contributed by atoms with Gasteiger partial charge in [-0.15, -0.1) is 13.2 Å². The molecule has 3 aliphatic heterocycles. The maximum atomic E-state index is 15.0. The van der Waals surface area contributed by atoms with E-state index in [1.54, 1.807) is 72.8 Å². The largest absolute Gasteiger partial charge is 0.455 e. The van der Waals surface area contributed by atoms with Crippen LogP contribution in [0.1, 0.15) is 42.5 Å². The summed E-state index contributed by atoms with van der Waals surface area (Å²) in [7, 11) is 0. The molecule has 12 heteroatoms. The van der Waals surface area contributed by atoms with E-state index in [0.29, 0.717) is 28.3 Å². The van der Waals surface area contributed by atoms with Crippen molar-refractivity contribution in [2.24, 2.45) is 11.8 Å². The molecule has 0 aromatic heterocycles. The van der Waals surface area contributed by atoms with Gasteiger partial charge in [-0.25, -0.2) is 0 Å². The van der Waals surface area contributed by atoms with Crippen LogP contribution in [0.3, 0.4) is 0 Å². The number of carbonyl (C=O) groups excluding carboxylic acids is 4. The first-order chi connectivity index (χ1) is 25.1. The second kappa shape index (κ2) is 16.2. The van der Waals surface area contributed by atoms with Crippen molar-refractivity contribution in [2.75, 3.05) is 24.6 Å². The number of halogens is 2. The number of alkyl halides is 1. The average molecular weight is 791 g/mol. The van der Waals surface area contributed by atoms with Gasteiger partial charge in [0, 0.05) is 28.5 Å². The van der Waals surface area contributed by atoms with Crippen LogP contribution >= 0.6 is 27.5 Å². The Bertz CT molecular complexity index is 1800. The molecule has 6 rings (SSSR count). The van der Waals surface area contributed by atoms with E-state index in [9.17, 15) is 19.5 Å². The van der Waals surface area contributed by atoms with E-state index in [1.165, 1.54) is 9.80 Å². The quantitative estimate of drug-likeness (QED) is 0.115. The van der Waals surface area contributed by atoms with Crippen LogP contribution in [0.2, 0.25) is 5.02 Å². The standard InChI is InChI=1S/C40H41BrClN3O7/c1-3-5-16-32(47)43-23-31(26-14-10-7-11-15-26)51-39(50)33-34-37(48)45(30(24-46)25-12-8-6-9-13-25)36(40(34)22-29(41)35(33)52-40)38(49)44(21-4-2)28-19-17-27(42)18-20-28/h3-4,6-15,17-20,29-31,33-36,46H,1-2,5,16,21-24H2,(H,43,47)/t29?,30-,31-,33-,34+,35-,36-,40+/m1/s1. The molecule has 10 nitrogen and oxygen atoms in total. The third kappa shape index (κ3) is 7.07. The summed E-state index contributed by atoms with van der Waals surface area (Å²) >= 11 is 9.91. The summed E-state index contributed by atoms with van der Waals surface area (Å²) in [5.41, 5.74) is 0.372. The Morgan fingerprint density at radius 3 is 2.31 bits per heavy atom. The number of carbonyl (C=O) groups is 4. The molecule has 3 heterocycles. The van der Waals surface area contributed by atoms with E-state index in [1.807, 2.05) is 24.3 Å². The van der Waals surface area contributed by atoms with Crippen LogP contribution in [0.15, 0.2) is 110 Å². The number of esters is 1. The molecule has 3 aromatic carbocycles. The highest BCUT2D eigenvalue weighted by Crippen LogP contribution is 2.61. The first-order valence-corrected chi connectivity index (χ1v) is 18.5. The second-order valence-electron chi connectivity index (χ2n) is 13.2. The van der Waals surface area contributed by atoms with Crippen molar-refractivity contribution in [2.45, 2.75) is 54.0 Å². The number of nitrogens with one attached hydrogen (secondary N) is 1. The Balaban J connectivity index is 1.40. The lowest BCUT2D eigenvalue weighted by Crippen LogP contribution is -2.57. The molecule has 272 valence electrons. The van der Waals surface area contributed by atoms with Crippen LogP contribution in [-0.2, 0) is 28.7 Å². The summed E-state index contributed by atoms with van der Waals surface area (Å²) in [6.45, 7) is 7.17. The Morgan fingerprint density at radius 2 is 1.69 bits per heavy atom. The van der Waals surface area contributed by atoms with Gasteiger partial charge < -0.3 is 29.7 Å². The molecule has 2 N–H and O–H groups in total. The molecule has 3 aromatic rings.